The van der Waals surface area contributed by atoms with Crippen LogP contribution >= 0.6 is 12.2 Å². The lowest BCUT2D eigenvalue weighted by Crippen LogP contribution is -2.11. The minimum Gasteiger partial charge on any atom is -0.477 e. The van der Waals surface area contributed by atoms with Gasteiger partial charge in [-0.1, -0.05) is 42.5 Å². The maximum absolute atomic E-state index is 11.7. The predicted molar refractivity (Wildman–Crippen MR) is 90.9 cm³/mol. The van der Waals surface area contributed by atoms with Gasteiger partial charge in [-0.2, -0.15) is 0 Å². The zero-order valence-corrected chi connectivity index (χ0v) is 12.7. The fraction of sp³-hybridized carbons (Fsp3) is 0.0588. The number of benzene rings is 2. The number of carbonyl (C=O) groups is 1. The molecule has 3 aromatic rings. The van der Waals surface area contributed by atoms with Crippen molar-refractivity contribution in [2.24, 2.45) is 5.73 Å². The summed E-state index contributed by atoms with van der Waals surface area (Å²) in [4.78, 5) is 12.0. The summed E-state index contributed by atoms with van der Waals surface area (Å²) in [5.41, 5.74) is 8.95. The van der Waals surface area contributed by atoms with Crippen molar-refractivity contribution < 1.29 is 9.90 Å². The van der Waals surface area contributed by atoms with E-state index in [-0.39, 0.29) is 10.7 Å². The molecular weight excluding hydrogens is 296 g/mol. The molecule has 22 heavy (non-hydrogen) atoms. The van der Waals surface area contributed by atoms with E-state index in [0.717, 1.165) is 22.2 Å². The molecule has 0 atom stereocenters. The third-order valence-electron chi connectivity index (χ3n) is 3.72. The first-order valence-corrected chi connectivity index (χ1v) is 7.15. The van der Waals surface area contributed by atoms with E-state index in [0.29, 0.717) is 5.56 Å². The number of rotatable bonds is 3. The fourth-order valence-electron chi connectivity index (χ4n) is 2.72. The molecule has 3 N–H and O–H groups in total. The number of fused-ring (bicyclic) bond motifs is 1. The topological polar surface area (TPSA) is 68.2 Å². The van der Waals surface area contributed by atoms with E-state index >= 15 is 0 Å². The van der Waals surface area contributed by atoms with Gasteiger partial charge in [0.2, 0.25) is 0 Å². The van der Waals surface area contributed by atoms with Crippen LogP contribution in [0.25, 0.3) is 16.6 Å². The van der Waals surface area contributed by atoms with Crippen LogP contribution in [0.15, 0.2) is 48.5 Å². The Balaban J connectivity index is 2.39. The Hall–Kier alpha value is -2.66. The highest BCUT2D eigenvalue weighted by molar-refractivity contribution is 7.80. The maximum Gasteiger partial charge on any atom is 0.353 e. The van der Waals surface area contributed by atoms with Gasteiger partial charge in [-0.3, -0.25) is 0 Å². The minimum absolute atomic E-state index is 0.251. The molecule has 0 aliphatic heterocycles. The summed E-state index contributed by atoms with van der Waals surface area (Å²) in [5.74, 6) is -0.963. The van der Waals surface area contributed by atoms with Gasteiger partial charge in [0.1, 0.15) is 10.7 Å². The standard InChI is InChI=1S/C17H14N2O2S/c1-10-13-7-2-3-8-14(13)19(15(10)17(20)21)12-6-4-5-11(9-12)16(18)22/h2-9H,1H3,(H2,18,22)(H,20,21). The van der Waals surface area contributed by atoms with Crippen LogP contribution in [0.4, 0.5) is 0 Å². The summed E-state index contributed by atoms with van der Waals surface area (Å²) in [5, 5.41) is 10.5. The Morgan fingerprint density at radius 1 is 1.18 bits per heavy atom. The molecule has 0 aliphatic rings. The summed E-state index contributed by atoms with van der Waals surface area (Å²) in [6, 6.07) is 14.9. The van der Waals surface area contributed by atoms with Crippen LogP contribution in [-0.4, -0.2) is 20.6 Å². The van der Waals surface area contributed by atoms with Gasteiger partial charge in [0.15, 0.2) is 0 Å². The van der Waals surface area contributed by atoms with Crippen LogP contribution in [0.5, 0.6) is 0 Å². The van der Waals surface area contributed by atoms with E-state index in [2.05, 4.69) is 0 Å². The number of aryl methyl sites for hydroxylation is 1. The zero-order chi connectivity index (χ0) is 15.9. The lowest BCUT2D eigenvalue weighted by molar-refractivity contribution is 0.0688. The van der Waals surface area contributed by atoms with Crippen LogP contribution in [0.1, 0.15) is 21.6 Å². The molecule has 0 spiro atoms. The number of nitrogens with two attached hydrogens (primary N) is 1. The van der Waals surface area contributed by atoms with Crippen LogP contribution in [0.2, 0.25) is 0 Å². The van der Waals surface area contributed by atoms with E-state index in [1.54, 1.807) is 10.6 Å². The molecule has 0 aliphatic carbocycles. The third-order valence-corrected chi connectivity index (χ3v) is 3.95. The maximum atomic E-state index is 11.7. The Kier molecular flexibility index (Phi) is 3.42. The SMILES string of the molecule is Cc1c(C(=O)O)n(-c2cccc(C(N)=S)c2)c2ccccc12. The molecule has 4 nitrogen and oxygen atoms in total. The zero-order valence-electron chi connectivity index (χ0n) is 11.9. The summed E-state index contributed by atoms with van der Waals surface area (Å²) in [7, 11) is 0. The summed E-state index contributed by atoms with van der Waals surface area (Å²) >= 11 is 5.01. The van der Waals surface area contributed by atoms with Gasteiger partial charge < -0.3 is 15.4 Å². The van der Waals surface area contributed by atoms with E-state index in [9.17, 15) is 9.90 Å². The number of carboxylic acid groups (broad SMARTS) is 1. The number of nitrogens with zero attached hydrogens (tertiary/aromatic N) is 1. The fourth-order valence-corrected chi connectivity index (χ4v) is 2.85. The number of hydrogen-bond acceptors (Lipinski definition) is 2. The lowest BCUT2D eigenvalue weighted by Gasteiger charge is -2.10. The number of aromatic carboxylic acids is 1. The van der Waals surface area contributed by atoms with Crippen molar-refractivity contribution in [1.29, 1.82) is 0 Å². The smallest absolute Gasteiger partial charge is 0.353 e. The Morgan fingerprint density at radius 2 is 1.91 bits per heavy atom. The van der Waals surface area contributed by atoms with Gasteiger partial charge in [0, 0.05) is 16.6 Å². The monoisotopic (exact) mass is 310 g/mol. The van der Waals surface area contributed by atoms with Crippen molar-refractivity contribution in [1.82, 2.24) is 4.57 Å². The normalized spacial score (nSPS) is 10.8. The molecule has 1 heterocycles. The molecule has 0 unspecified atom stereocenters. The first-order valence-electron chi connectivity index (χ1n) is 6.74. The Morgan fingerprint density at radius 3 is 2.59 bits per heavy atom. The van der Waals surface area contributed by atoms with Gasteiger partial charge in [0.05, 0.1) is 5.52 Å². The van der Waals surface area contributed by atoms with Gasteiger partial charge in [-0.15, -0.1) is 0 Å². The van der Waals surface area contributed by atoms with Gasteiger partial charge in [-0.25, -0.2) is 4.79 Å². The van der Waals surface area contributed by atoms with E-state index in [4.69, 9.17) is 18.0 Å². The van der Waals surface area contributed by atoms with Crippen molar-refractivity contribution in [3.63, 3.8) is 0 Å². The largest absolute Gasteiger partial charge is 0.477 e. The molecule has 2 aromatic carbocycles. The first kappa shape index (κ1) is 14.3. The highest BCUT2D eigenvalue weighted by atomic mass is 32.1. The second-order valence-corrected chi connectivity index (χ2v) is 5.49. The predicted octanol–water partition coefficient (Wildman–Crippen LogP) is 3.27. The molecule has 0 radical (unpaired) electrons. The summed E-state index contributed by atoms with van der Waals surface area (Å²) in [6.45, 7) is 1.82. The molecule has 5 heteroatoms. The van der Waals surface area contributed by atoms with Gasteiger partial charge >= 0.3 is 5.97 Å². The average molecular weight is 310 g/mol. The highest BCUT2D eigenvalue weighted by Gasteiger charge is 2.20. The van der Waals surface area contributed by atoms with Crippen molar-refractivity contribution in [2.75, 3.05) is 0 Å². The van der Waals surface area contributed by atoms with Crippen molar-refractivity contribution in [3.05, 3.63) is 65.4 Å². The number of carboxylic acids is 1. The highest BCUT2D eigenvalue weighted by Crippen LogP contribution is 2.29. The van der Waals surface area contributed by atoms with E-state index in [1.807, 2.05) is 49.4 Å². The van der Waals surface area contributed by atoms with Crippen molar-refractivity contribution >= 4 is 34.1 Å². The second-order valence-electron chi connectivity index (χ2n) is 5.05. The molecule has 0 bridgehead atoms. The van der Waals surface area contributed by atoms with Crippen LogP contribution in [0.3, 0.4) is 0 Å². The van der Waals surface area contributed by atoms with Gasteiger partial charge in [-0.05, 0) is 30.7 Å². The van der Waals surface area contributed by atoms with E-state index in [1.165, 1.54) is 0 Å². The summed E-state index contributed by atoms with van der Waals surface area (Å²) < 4.78 is 1.73. The van der Waals surface area contributed by atoms with E-state index < -0.39 is 5.97 Å². The van der Waals surface area contributed by atoms with Crippen molar-refractivity contribution in [3.8, 4) is 5.69 Å². The quantitative estimate of drug-likeness (QED) is 0.729. The van der Waals surface area contributed by atoms with Crippen molar-refractivity contribution in [2.45, 2.75) is 6.92 Å². The number of thiocarbonyl (C=S) groups is 1. The van der Waals surface area contributed by atoms with Crippen LogP contribution < -0.4 is 5.73 Å². The lowest BCUT2D eigenvalue weighted by atomic mass is 10.1. The average Bonchev–Trinajstić information content (AvgIpc) is 2.81. The molecule has 3 rings (SSSR count). The Bertz CT molecular complexity index is 912. The van der Waals surface area contributed by atoms with Gasteiger partial charge in [0.25, 0.3) is 0 Å². The molecule has 0 fully saturated rings. The molecule has 0 saturated heterocycles. The number of aromatic nitrogens is 1. The van der Waals surface area contributed by atoms with Crippen LogP contribution in [0, 0.1) is 6.92 Å². The summed E-state index contributed by atoms with van der Waals surface area (Å²) in [6.07, 6.45) is 0. The third kappa shape index (κ3) is 2.16. The number of para-hydroxylation sites is 1. The minimum atomic E-state index is -0.963. The van der Waals surface area contributed by atoms with Crippen LogP contribution in [-0.2, 0) is 0 Å². The number of hydrogen-bond donors (Lipinski definition) is 2. The molecule has 0 saturated carbocycles. The molecule has 0 amide bonds. The molecular formula is C17H14N2O2S. The Labute approximate surface area is 132 Å². The second kappa shape index (κ2) is 5.27. The molecule has 1 aromatic heterocycles. The first-order chi connectivity index (χ1) is 10.5. The molecule has 110 valence electrons.